The van der Waals surface area contributed by atoms with Crippen LogP contribution in [-0.2, 0) is 26.2 Å². The summed E-state index contributed by atoms with van der Waals surface area (Å²) in [5.74, 6) is -2.51. The number of benzene rings is 2. The number of imidazole rings is 1. The zero-order valence-corrected chi connectivity index (χ0v) is 21.3. The van der Waals surface area contributed by atoms with Crippen molar-refractivity contribution in [1.29, 1.82) is 0 Å². The summed E-state index contributed by atoms with van der Waals surface area (Å²) in [6.45, 7) is 1.71. The van der Waals surface area contributed by atoms with Crippen molar-refractivity contribution in [3.8, 4) is 0 Å². The quantitative estimate of drug-likeness (QED) is 0.268. The number of Topliss-reactive ketones (excluding diaryl/α,β-unsaturated/α-hetero) is 1. The summed E-state index contributed by atoms with van der Waals surface area (Å²) < 4.78 is 42.7. The van der Waals surface area contributed by atoms with Crippen molar-refractivity contribution in [3.05, 3.63) is 89.8 Å². The molecule has 0 spiro atoms. The third-order valence-electron chi connectivity index (χ3n) is 6.93. The molecule has 0 radical (unpaired) electrons. The Morgan fingerprint density at radius 2 is 1.68 bits per heavy atom. The highest BCUT2D eigenvalue weighted by molar-refractivity contribution is 7.89. The first-order chi connectivity index (χ1) is 18.3. The van der Waals surface area contributed by atoms with Crippen LogP contribution < -0.4 is 0 Å². The van der Waals surface area contributed by atoms with Crippen LogP contribution in [0.5, 0.6) is 0 Å². The van der Waals surface area contributed by atoms with Crippen molar-refractivity contribution in [2.75, 3.05) is 19.6 Å². The van der Waals surface area contributed by atoms with E-state index in [1.165, 1.54) is 57.7 Å². The Bertz CT molecular complexity index is 1460. The highest BCUT2D eigenvalue weighted by atomic mass is 32.2. The number of likely N-dealkylation sites (tertiary alicyclic amines) is 1. The summed E-state index contributed by atoms with van der Waals surface area (Å²) in [6, 6.07) is 10.1. The van der Waals surface area contributed by atoms with Gasteiger partial charge in [-0.15, -0.1) is 0 Å². The predicted molar refractivity (Wildman–Crippen MR) is 137 cm³/mol. The Kier molecular flexibility index (Phi) is 7.13. The van der Waals surface area contributed by atoms with E-state index in [4.69, 9.17) is 0 Å². The molecule has 0 saturated carbocycles. The normalized spacial score (nSPS) is 19.9. The molecule has 1 amide bonds. The van der Waals surface area contributed by atoms with Crippen LogP contribution in [0, 0.1) is 5.82 Å². The fourth-order valence-electron chi connectivity index (χ4n) is 4.96. The zero-order valence-electron chi connectivity index (χ0n) is 20.5. The number of halogens is 1. The van der Waals surface area contributed by atoms with Crippen LogP contribution >= 0.6 is 0 Å². The van der Waals surface area contributed by atoms with Crippen molar-refractivity contribution in [2.24, 2.45) is 0 Å². The van der Waals surface area contributed by atoms with Crippen molar-refractivity contribution in [3.63, 3.8) is 0 Å². The lowest BCUT2D eigenvalue weighted by atomic mass is 9.95. The van der Waals surface area contributed by atoms with E-state index in [9.17, 15) is 27.5 Å². The molecule has 2 aliphatic rings. The van der Waals surface area contributed by atoms with E-state index in [1.54, 1.807) is 18.7 Å². The maximum atomic E-state index is 13.7. The monoisotopic (exact) mass is 538 g/mol. The van der Waals surface area contributed by atoms with Crippen LogP contribution in [0.3, 0.4) is 0 Å². The van der Waals surface area contributed by atoms with E-state index in [0.717, 1.165) is 12.8 Å². The fourth-order valence-corrected chi connectivity index (χ4v) is 6.48. The van der Waals surface area contributed by atoms with Gasteiger partial charge in [-0.2, -0.15) is 4.31 Å². The molecule has 0 bridgehead atoms. The fraction of sp³-hybridized carbons (Fsp3) is 0.296. The molecule has 1 atom stereocenters. The van der Waals surface area contributed by atoms with Crippen molar-refractivity contribution >= 4 is 27.5 Å². The molecule has 3 heterocycles. The molecule has 2 aromatic carbocycles. The second-order valence-corrected chi connectivity index (χ2v) is 11.3. The lowest BCUT2D eigenvalue weighted by Crippen LogP contribution is -2.31. The van der Waals surface area contributed by atoms with Crippen LogP contribution in [0.15, 0.2) is 77.7 Å². The number of nitrogens with zero attached hydrogens (tertiary/aromatic N) is 4. The molecule has 0 aliphatic carbocycles. The topological polar surface area (TPSA) is 113 Å². The van der Waals surface area contributed by atoms with E-state index in [2.05, 4.69) is 4.98 Å². The van der Waals surface area contributed by atoms with E-state index >= 15 is 0 Å². The minimum atomic E-state index is -3.65. The molecule has 3 aromatic rings. The van der Waals surface area contributed by atoms with Crippen molar-refractivity contribution in [1.82, 2.24) is 18.8 Å². The highest BCUT2D eigenvalue weighted by Crippen LogP contribution is 2.39. The van der Waals surface area contributed by atoms with Crippen LogP contribution in [0.2, 0.25) is 0 Å². The van der Waals surface area contributed by atoms with Gasteiger partial charge in [0.15, 0.2) is 0 Å². The number of carbonyl (C=O) groups is 2. The first kappa shape index (κ1) is 25.8. The number of aromatic nitrogens is 2. The molecule has 1 aromatic heterocycles. The van der Waals surface area contributed by atoms with Gasteiger partial charge in [0, 0.05) is 44.1 Å². The van der Waals surface area contributed by atoms with Crippen LogP contribution in [-0.4, -0.2) is 63.6 Å². The maximum Gasteiger partial charge on any atom is 0.295 e. The first-order valence-corrected chi connectivity index (χ1v) is 13.8. The molecule has 11 heteroatoms. The number of aliphatic hydroxyl groups is 1. The van der Waals surface area contributed by atoms with Gasteiger partial charge in [0.2, 0.25) is 10.0 Å². The molecule has 9 nitrogen and oxygen atoms in total. The minimum Gasteiger partial charge on any atom is -0.507 e. The van der Waals surface area contributed by atoms with Crippen molar-refractivity contribution in [2.45, 2.75) is 36.7 Å². The average Bonchev–Trinajstić information content (AvgIpc) is 3.68. The van der Waals surface area contributed by atoms with Crippen LogP contribution in [0.1, 0.15) is 36.4 Å². The standard InChI is InChI=1S/C27H27FN4O5S/c28-21-8-4-19(5-9-21)24-23(26(34)27(35)32(24)16-3-13-30-17-12-29-18-30)25(33)20-6-10-22(11-7-20)38(36,37)31-14-1-2-15-31/h4-12,17-18,24,33H,1-3,13-16H2/b25-23+. The summed E-state index contributed by atoms with van der Waals surface area (Å²) in [4.78, 5) is 31.7. The van der Waals surface area contributed by atoms with Gasteiger partial charge < -0.3 is 14.6 Å². The third kappa shape index (κ3) is 4.86. The summed E-state index contributed by atoms with van der Waals surface area (Å²) in [5.41, 5.74) is 0.552. The minimum absolute atomic E-state index is 0.0889. The largest absolute Gasteiger partial charge is 0.507 e. The molecular formula is C27H27FN4O5S. The van der Waals surface area contributed by atoms with Gasteiger partial charge in [0.25, 0.3) is 11.7 Å². The van der Waals surface area contributed by atoms with Crippen LogP contribution in [0.4, 0.5) is 4.39 Å². The molecule has 2 aliphatic heterocycles. The average molecular weight is 539 g/mol. The Hall–Kier alpha value is -3.83. The molecule has 2 saturated heterocycles. The number of aliphatic hydroxyl groups excluding tert-OH is 1. The number of carbonyl (C=O) groups excluding carboxylic acids is 2. The van der Waals surface area contributed by atoms with Gasteiger partial charge in [-0.1, -0.05) is 12.1 Å². The van der Waals surface area contributed by atoms with Gasteiger partial charge >= 0.3 is 0 Å². The summed E-state index contributed by atoms with van der Waals surface area (Å²) in [6.07, 6.45) is 7.22. The summed E-state index contributed by atoms with van der Waals surface area (Å²) >= 11 is 0. The van der Waals surface area contributed by atoms with Gasteiger partial charge in [0.05, 0.1) is 22.8 Å². The Labute approximate surface area is 219 Å². The molecule has 1 unspecified atom stereocenters. The number of aryl methyl sites for hydroxylation is 1. The smallest absolute Gasteiger partial charge is 0.295 e. The van der Waals surface area contributed by atoms with Crippen LogP contribution in [0.25, 0.3) is 5.76 Å². The number of rotatable bonds is 8. The highest BCUT2D eigenvalue weighted by Gasteiger charge is 2.45. The lowest BCUT2D eigenvalue weighted by molar-refractivity contribution is -0.139. The number of sulfonamides is 1. The molecule has 198 valence electrons. The van der Waals surface area contributed by atoms with Gasteiger partial charge in [0.1, 0.15) is 11.6 Å². The SMILES string of the molecule is O=C1C(=O)N(CCCn2ccnc2)C(c2ccc(F)cc2)/C1=C(\O)c1ccc(S(=O)(=O)N2CCCC2)cc1. The Balaban J connectivity index is 1.48. The molecule has 2 fully saturated rings. The molecule has 38 heavy (non-hydrogen) atoms. The molecule has 1 N–H and O–H groups in total. The van der Waals surface area contributed by atoms with E-state index in [0.29, 0.717) is 31.6 Å². The number of ketones is 1. The predicted octanol–water partition coefficient (Wildman–Crippen LogP) is 3.32. The second-order valence-electron chi connectivity index (χ2n) is 9.33. The first-order valence-electron chi connectivity index (χ1n) is 12.4. The molecular weight excluding hydrogens is 511 g/mol. The maximum absolute atomic E-state index is 13.7. The Morgan fingerprint density at radius 3 is 2.32 bits per heavy atom. The second kappa shape index (κ2) is 10.5. The number of amides is 1. The summed E-state index contributed by atoms with van der Waals surface area (Å²) in [7, 11) is -3.65. The van der Waals surface area contributed by atoms with E-state index in [1.807, 2.05) is 4.57 Å². The molecule has 5 rings (SSSR count). The van der Waals surface area contributed by atoms with E-state index in [-0.39, 0.29) is 22.6 Å². The van der Waals surface area contributed by atoms with Crippen molar-refractivity contribution < 1.29 is 27.5 Å². The van der Waals surface area contributed by atoms with Gasteiger partial charge in [-0.3, -0.25) is 9.59 Å². The lowest BCUT2D eigenvalue weighted by Gasteiger charge is -2.25. The van der Waals surface area contributed by atoms with E-state index < -0.39 is 39.3 Å². The number of hydrogen-bond donors (Lipinski definition) is 1. The zero-order chi connectivity index (χ0) is 26.9. The third-order valence-corrected chi connectivity index (χ3v) is 8.84. The Morgan fingerprint density at radius 1 is 1.00 bits per heavy atom. The summed E-state index contributed by atoms with van der Waals surface area (Å²) in [5, 5.41) is 11.2. The number of hydrogen-bond acceptors (Lipinski definition) is 6. The van der Waals surface area contributed by atoms with Gasteiger partial charge in [-0.05, 0) is 61.2 Å². The van der Waals surface area contributed by atoms with Gasteiger partial charge in [-0.25, -0.2) is 17.8 Å².